The summed E-state index contributed by atoms with van der Waals surface area (Å²) < 4.78 is 38.5. The van der Waals surface area contributed by atoms with Crippen LogP contribution in [0, 0.1) is 0 Å². The average molecular weight is 289 g/mol. The fourth-order valence-corrected chi connectivity index (χ4v) is 1.98. The maximum Gasteiger partial charge on any atom is 0.417 e. The summed E-state index contributed by atoms with van der Waals surface area (Å²) in [7, 11) is 0. The van der Waals surface area contributed by atoms with Crippen LogP contribution in [-0.4, -0.2) is 41.6 Å². The number of hydrogen-bond donors (Lipinski definition) is 1. The molecule has 0 unspecified atom stereocenters. The second kappa shape index (κ2) is 5.66. The minimum atomic E-state index is -4.53. The van der Waals surface area contributed by atoms with E-state index in [1.807, 2.05) is 0 Å². The van der Waals surface area contributed by atoms with Crippen LogP contribution in [0.15, 0.2) is 23.1 Å². The fraction of sp³-hybridized carbons (Fsp3) is 0.500. The van der Waals surface area contributed by atoms with Crippen LogP contribution in [-0.2, 0) is 17.5 Å². The van der Waals surface area contributed by atoms with Crippen molar-refractivity contribution in [2.75, 3.05) is 26.2 Å². The molecule has 2 heterocycles. The molecule has 1 aromatic heterocycles. The number of piperazine rings is 1. The normalized spacial score (nSPS) is 16.2. The molecule has 1 amide bonds. The largest absolute Gasteiger partial charge is 0.417 e. The van der Waals surface area contributed by atoms with E-state index in [0.29, 0.717) is 38.4 Å². The molecule has 0 bridgehead atoms. The number of amides is 1. The van der Waals surface area contributed by atoms with Gasteiger partial charge in [0.25, 0.3) is 5.56 Å². The molecule has 1 fully saturated rings. The average Bonchev–Trinajstić information content (AvgIpc) is 2.41. The lowest BCUT2D eigenvalue weighted by Crippen LogP contribution is -2.48. The first-order valence-electron chi connectivity index (χ1n) is 6.14. The molecule has 0 spiro atoms. The Kier molecular flexibility index (Phi) is 4.12. The number of pyridine rings is 1. The lowest BCUT2D eigenvalue weighted by molar-refractivity contribution is -0.138. The highest BCUT2D eigenvalue weighted by Crippen LogP contribution is 2.27. The van der Waals surface area contributed by atoms with E-state index in [1.54, 1.807) is 0 Å². The first kappa shape index (κ1) is 14.6. The Balaban J connectivity index is 2.16. The second-order valence-corrected chi connectivity index (χ2v) is 4.51. The number of rotatable bonds is 2. The molecule has 1 saturated heterocycles. The van der Waals surface area contributed by atoms with E-state index in [9.17, 15) is 22.8 Å². The summed E-state index contributed by atoms with van der Waals surface area (Å²) in [6.45, 7) is 1.90. The number of carbonyl (C=O) groups is 1. The Bertz CT molecular complexity index is 548. The van der Waals surface area contributed by atoms with Gasteiger partial charge in [0.05, 0.1) is 5.56 Å². The molecule has 1 aliphatic heterocycles. The van der Waals surface area contributed by atoms with Crippen molar-refractivity contribution in [3.05, 3.63) is 34.2 Å². The molecule has 1 N–H and O–H groups in total. The van der Waals surface area contributed by atoms with Crippen molar-refractivity contribution in [2.45, 2.75) is 12.7 Å². The van der Waals surface area contributed by atoms with Gasteiger partial charge in [-0.3, -0.25) is 9.59 Å². The van der Waals surface area contributed by atoms with Crippen LogP contribution in [0.1, 0.15) is 5.56 Å². The van der Waals surface area contributed by atoms with E-state index >= 15 is 0 Å². The van der Waals surface area contributed by atoms with Gasteiger partial charge in [-0.2, -0.15) is 13.2 Å². The summed E-state index contributed by atoms with van der Waals surface area (Å²) >= 11 is 0. The molecule has 8 heteroatoms. The lowest BCUT2D eigenvalue weighted by atomic mass is 10.2. The van der Waals surface area contributed by atoms with Crippen molar-refractivity contribution in [3.8, 4) is 0 Å². The maximum absolute atomic E-state index is 12.6. The molecule has 0 radical (unpaired) electrons. The van der Waals surface area contributed by atoms with E-state index in [1.165, 1.54) is 4.90 Å². The molecule has 110 valence electrons. The van der Waals surface area contributed by atoms with Crippen molar-refractivity contribution in [2.24, 2.45) is 0 Å². The van der Waals surface area contributed by atoms with E-state index < -0.39 is 17.3 Å². The van der Waals surface area contributed by atoms with Crippen LogP contribution in [0.3, 0.4) is 0 Å². The minimum absolute atomic E-state index is 0.354. The van der Waals surface area contributed by atoms with Gasteiger partial charge in [-0.25, -0.2) is 0 Å². The number of nitrogens with one attached hydrogen (secondary N) is 1. The monoisotopic (exact) mass is 289 g/mol. The molecule has 0 atom stereocenters. The molecular formula is C12H14F3N3O2. The molecule has 1 aliphatic rings. The molecular weight excluding hydrogens is 275 g/mol. The number of alkyl halides is 3. The van der Waals surface area contributed by atoms with Crippen LogP contribution in [0.2, 0.25) is 0 Å². The number of halogens is 3. The zero-order valence-electron chi connectivity index (χ0n) is 10.6. The van der Waals surface area contributed by atoms with Gasteiger partial charge in [0.1, 0.15) is 6.54 Å². The summed E-state index contributed by atoms with van der Waals surface area (Å²) in [5.74, 6) is -0.354. The van der Waals surface area contributed by atoms with Crippen LogP contribution in [0.5, 0.6) is 0 Å². The summed E-state index contributed by atoms with van der Waals surface area (Å²) in [4.78, 5) is 25.0. The van der Waals surface area contributed by atoms with Gasteiger partial charge in [0, 0.05) is 38.4 Å². The van der Waals surface area contributed by atoms with Gasteiger partial charge >= 0.3 is 6.18 Å². The molecule has 0 saturated carbocycles. The Morgan fingerprint density at radius 1 is 1.25 bits per heavy atom. The van der Waals surface area contributed by atoms with E-state index in [0.717, 1.165) is 10.6 Å². The van der Waals surface area contributed by atoms with E-state index in [4.69, 9.17) is 0 Å². The first-order chi connectivity index (χ1) is 9.38. The van der Waals surface area contributed by atoms with Crippen LogP contribution in [0.4, 0.5) is 13.2 Å². The van der Waals surface area contributed by atoms with Crippen molar-refractivity contribution in [1.29, 1.82) is 0 Å². The smallest absolute Gasteiger partial charge is 0.339 e. The van der Waals surface area contributed by atoms with Crippen molar-refractivity contribution >= 4 is 5.91 Å². The third kappa shape index (κ3) is 3.38. The third-order valence-electron chi connectivity index (χ3n) is 3.09. The standard InChI is InChI=1S/C12H14F3N3O2/c13-12(14,15)9-1-2-10(19)18(7-9)8-11(20)17-5-3-16-4-6-17/h1-2,7,16H,3-6,8H2. The number of hydrogen-bond acceptors (Lipinski definition) is 3. The SMILES string of the molecule is O=C(Cn1cc(C(F)(F)F)ccc1=O)N1CCNCC1. The van der Waals surface area contributed by atoms with Gasteiger partial charge in [-0.15, -0.1) is 0 Å². The van der Waals surface area contributed by atoms with Crippen molar-refractivity contribution in [3.63, 3.8) is 0 Å². The Morgan fingerprint density at radius 3 is 2.50 bits per heavy atom. The molecule has 2 rings (SSSR count). The molecule has 20 heavy (non-hydrogen) atoms. The highest BCUT2D eigenvalue weighted by molar-refractivity contribution is 5.76. The topological polar surface area (TPSA) is 54.3 Å². The van der Waals surface area contributed by atoms with Gasteiger partial charge in [-0.05, 0) is 6.07 Å². The zero-order valence-corrected chi connectivity index (χ0v) is 10.6. The van der Waals surface area contributed by atoms with Gasteiger partial charge < -0.3 is 14.8 Å². The van der Waals surface area contributed by atoms with Gasteiger partial charge in [0.2, 0.25) is 5.91 Å². The lowest BCUT2D eigenvalue weighted by Gasteiger charge is -2.27. The van der Waals surface area contributed by atoms with Crippen molar-refractivity contribution < 1.29 is 18.0 Å². The summed E-state index contributed by atoms with van der Waals surface area (Å²) in [5.41, 5.74) is -1.56. The maximum atomic E-state index is 12.6. The zero-order chi connectivity index (χ0) is 14.8. The summed E-state index contributed by atoms with van der Waals surface area (Å²) in [6.07, 6.45) is -3.85. The highest BCUT2D eigenvalue weighted by Gasteiger charge is 2.31. The predicted molar refractivity (Wildman–Crippen MR) is 65.2 cm³/mol. The van der Waals surface area contributed by atoms with Crippen molar-refractivity contribution in [1.82, 2.24) is 14.8 Å². The highest BCUT2D eigenvalue weighted by atomic mass is 19.4. The summed E-state index contributed by atoms with van der Waals surface area (Å²) in [5, 5.41) is 3.06. The Morgan fingerprint density at radius 2 is 1.90 bits per heavy atom. The second-order valence-electron chi connectivity index (χ2n) is 4.51. The van der Waals surface area contributed by atoms with E-state index in [-0.39, 0.29) is 12.5 Å². The molecule has 1 aromatic rings. The predicted octanol–water partition coefficient (Wildman–Crippen LogP) is 0.299. The Hall–Kier alpha value is -1.83. The molecule has 5 nitrogen and oxygen atoms in total. The molecule has 0 aliphatic carbocycles. The number of aromatic nitrogens is 1. The first-order valence-corrected chi connectivity index (χ1v) is 6.14. The quantitative estimate of drug-likeness (QED) is 0.852. The van der Waals surface area contributed by atoms with E-state index in [2.05, 4.69) is 5.32 Å². The number of nitrogens with zero attached hydrogens (tertiary/aromatic N) is 2. The van der Waals surface area contributed by atoms with Crippen LogP contribution in [0.25, 0.3) is 0 Å². The Labute approximate surface area is 113 Å². The van der Waals surface area contributed by atoms with Crippen LogP contribution < -0.4 is 10.9 Å². The van der Waals surface area contributed by atoms with Gasteiger partial charge in [-0.1, -0.05) is 0 Å². The van der Waals surface area contributed by atoms with Crippen LogP contribution >= 0.6 is 0 Å². The fourth-order valence-electron chi connectivity index (χ4n) is 1.98. The number of carbonyl (C=O) groups excluding carboxylic acids is 1. The molecule has 0 aromatic carbocycles. The minimum Gasteiger partial charge on any atom is -0.339 e. The summed E-state index contributed by atoms with van der Waals surface area (Å²) in [6, 6.07) is 1.54. The third-order valence-corrected chi connectivity index (χ3v) is 3.09. The van der Waals surface area contributed by atoms with Gasteiger partial charge in [0.15, 0.2) is 0 Å².